The number of fused-ring (bicyclic) bond motifs is 2. The third-order valence-corrected chi connectivity index (χ3v) is 6.83. The van der Waals surface area contributed by atoms with Crippen LogP contribution in [0.2, 0.25) is 0 Å². The second-order valence-electron chi connectivity index (χ2n) is 7.76. The van der Waals surface area contributed by atoms with Gasteiger partial charge in [0.2, 0.25) is 0 Å². The van der Waals surface area contributed by atoms with Crippen molar-refractivity contribution in [2.24, 2.45) is 7.05 Å². The molecule has 0 saturated carbocycles. The van der Waals surface area contributed by atoms with Crippen LogP contribution in [0.5, 0.6) is 0 Å². The topological polar surface area (TPSA) is 92.2 Å². The fourth-order valence-corrected chi connectivity index (χ4v) is 4.95. The van der Waals surface area contributed by atoms with Crippen molar-refractivity contribution in [1.29, 1.82) is 0 Å². The van der Waals surface area contributed by atoms with Gasteiger partial charge in [-0.15, -0.1) is 11.3 Å². The second kappa shape index (κ2) is 7.00. The summed E-state index contributed by atoms with van der Waals surface area (Å²) in [6.07, 6.45) is 5.64. The third-order valence-electron chi connectivity index (χ3n) is 5.61. The normalized spacial score (nSPS) is 11.6. The number of nitrogens with one attached hydrogen (secondary N) is 2. The summed E-state index contributed by atoms with van der Waals surface area (Å²) in [6.45, 7) is 1.59. The molecule has 0 fully saturated rings. The van der Waals surface area contributed by atoms with Crippen LogP contribution in [0.3, 0.4) is 0 Å². The van der Waals surface area contributed by atoms with Gasteiger partial charge in [0.1, 0.15) is 11.3 Å². The molecule has 7 nitrogen and oxygen atoms in total. The molecular weight excluding hydrogens is 420 g/mol. The number of hydrogen-bond donors (Lipinski definition) is 2. The molecule has 5 heterocycles. The van der Waals surface area contributed by atoms with Gasteiger partial charge in [-0.05, 0) is 48.9 Å². The van der Waals surface area contributed by atoms with E-state index in [0.29, 0.717) is 0 Å². The molecule has 0 unspecified atom stereocenters. The summed E-state index contributed by atoms with van der Waals surface area (Å²) in [5, 5.41) is 14.0. The number of carbonyl (C=O) groups is 1. The Hall–Kier alpha value is -4.04. The number of rotatable bonds is 4. The van der Waals surface area contributed by atoms with E-state index in [2.05, 4.69) is 43.5 Å². The lowest BCUT2D eigenvalue weighted by Crippen LogP contribution is -1.84. The molecule has 0 aliphatic heterocycles. The maximum absolute atomic E-state index is 11.7. The zero-order valence-corrected chi connectivity index (χ0v) is 18.2. The molecule has 0 aliphatic carbocycles. The Kier molecular flexibility index (Phi) is 4.09. The van der Waals surface area contributed by atoms with E-state index in [1.165, 1.54) is 11.3 Å². The SMILES string of the molecule is CC(=O)c1ccc(-c2ccnc3[nH]c(-c4n[nH]c5ccc(-c6cnn(C)c6)cc45)cc23)s1. The molecule has 156 valence electrons. The number of hydrogen-bond acceptors (Lipinski definition) is 5. The second-order valence-corrected chi connectivity index (χ2v) is 8.84. The van der Waals surface area contributed by atoms with E-state index >= 15 is 0 Å². The number of thiophene rings is 1. The predicted octanol–water partition coefficient (Wildman–Crippen LogP) is 5.44. The fraction of sp³-hybridized carbons (Fsp3) is 0.0833. The first-order valence-corrected chi connectivity index (χ1v) is 10.9. The highest BCUT2D eigenvalue weighted by molar-refractivity contribution is 7.17. The molecule has 0 aliphatic rings. The van der Waals surface area contributed by atoms with E-state index in [1.807, 2.05) is 43.7 Å². The molecule has 5 aromatic heterocycles. The molecule has 0 radical (unpaired) electrons. The lowest BCUT2D eigenvalue weighted by atomic mass is 10.0. The highest BCUT2D eigenvalue weighted by Gasteiger charge is 2.16. The Labute approximate surface area is 186 Å². The number of aromatic amines is 2. The van der Waals surface area contributed by atoms with Gasteiger partial charge in [0.25, 0.3) is 0 Å². The Morgan fingerprint density at radius 1 is 1.06 bits per heavy atom. The van der Waals surface area contributed by atoms with Crippen molar-refractivity contribution in [3.63, 3.8) is 0 Å². The number of benzene rings is 1. The Morgan fingerprint density at radius 2 is 1.97 bits per heavy atom. The number of aryl methyl sites for hydroxylation is 1. The van der Waals surface area contributed by atoms with Crippen LogP contribution >= 0.6 is 11.3 Å². The molecule has 6 rings (SSSR count). The van der Waals surface area contributed by atoms with Crippen molar-refractivity contribution in [2.45, 2.75) is 6.92 Å². The van der Waals surface area contributed by atoms with Crippen LogP contribution in [0.4, 0.5) is 0 Å². The average molecular weight is 439 g/mol. The molecule has 2 N–H and O–H groups in total. The number of pyridine rings is 1. The van der Waals surface area contributed by atoms with Gasteiger partial charge >= 0.3 is 0 Å². The van der Waals surface area contributed by atoms with Crippen molar-refractivity contribution in [3.05, 3.63) is 65.9 Å². The summed E-state index contributed by atoms with van der Waals surface area (Å²) in [5.41, 5.74) is 6.66. The maximum atomic E-state index is 11.7. The van der Waals surface area contributed by atoms with Gasteiger partial charge in [0.05, 0.1) is 22.3 Å². The van der Waals surface area contributed by atoms with Crippen molar-refractivity contribution in [1.82, 2.24) is 29.9 Å². The summed E-state index contributed by atoms with van der Waals surface area (Å²) in [5.74, 6) is 0.0775. The summed E-state index contributed by atoms with van der Waals surface area (Å²) in [6, 6.07) is 14.2. The molecule has 0 spiro atoms. The number of nitrogens with zero attached hydrogens (tertiary/aromatic N) is 4. The van der Waals surface area contributed by atoms with Crippen LogP contribution < -0.4 is 0 Å². The molecule has 8 heteroatoms. The molecule has 0 atom stereocenters. The lowest BCUT2D eigenvalue weighted by molar-refractivity contribution is 0.102. The molecule has 0 saturated heterocycles. The van der Waals surface area contributed by atoms with Gasteiger partial charge < -0.3 is 4.98 Å². The summed E-state index contributed by atoms with van der Waals surface area (Å²) in [7, 11) is 1.91. The number of H-pyrrole nitrogens is 2. The minimum Gasteiger partial charge on any atom is -0.338 e. The van der Waals surface area contributed by atoms with Crippen LogP contribution in [0.1, 0.15) is 16.6 Å². The molecular formula is C24H18N6OS. The van der Waals surface area contributed by atoms with Crippen LogP contribution in [0.15, 0.2) is 61.1 Å². The standard InChI is InChI=1S/C24H18N6OS/c1-13(31)21-5-6-22(32-21)16-7-8-25-24-17(16)10-20(27-24)23-18-9-14(3-4-19(18)28-29-23)15-11-26-30(2)12-15/h3-12H,1-2H3,(H,25,27)(H,28,29). The first kappa shape index (κ1) is 18.7. The van der Waals surface area contributed by atoms with E-state index < -0.39 is 0 Å². The summed E-state index contributed by atoms with van der Waals surface area (Å²) >= 11 is 1.50. The zero-order chi connectivity index (χ0) is 21.8. The van der Waals surface area contributed by atoms with Crippen LogP contribution in [0.25, 0.3) is 54.9 Å². The van der Waals surface area contributed by atoms with E-state index in [4.69, 9.17) is 0 Å². The van der Waals surface area contributed by atoms with Gasteiger partial charge in [0.15, 0.2) is 5.78 Å². The first-order valence-electron chi connectivity index (χ1n) is 10.1. The van der Waals surface area contributed by atoms with E-state index in [-0.39, 0.29) is 5.78 Å². The monoisotopic (exact) mass is 438 g/mol. The molecule has 32 heavy (non-hydrogen) atoms. The number of aromatic nitrogens is 6. The highest BCUT2D eigenvalue weighted by atomic mass is 32.1. The van der Waals surface area contributed by atoms with Crippen molar-refractivity contribution >= 4 is 39.1 Å². The summed E-state index contributed by atoms with van der Waals surface area (Å²) < 4.78 is 1.79. The van der Waals surface area contributed by atoms with Crippen molar-refractivity contribution in [2.75, 3.05) is 0 Å². The first-order chi connectivity index (χ1) is 15.6. The molecule has 0 bridgehead atoms. The number of ketones is 1. The largest absolute Gasteiger partial charge is 0.338 e. The van der Waals surface area contributed by atoms with Crippen LogP contribution in [0, 0.1) is 0 Å². The fourth-order valence-electron chi connectivity index (χ4n) is 4.01. The molecule has 0 amide bonds. The van der Waals surface area contributed by atoms with E-state index in [1.54, 1.807) is 17.8 Å². The quantitative estimate of drug-likeness (QED) is 0.359. The van der Waals surface area contributed by atoms with Gasteiger partial charge in [-0.25, -0.2) is 4.98 Å². The number of carbonyl (C=O) groups excluding carboxylic acids is 1. The van der Waals surface area contributed by atoms with Crippen LogP contribution in [-0.4, -0.2) is 35.7 Å². The van der Waals surface area contributed by atoms with Gasteiger partial charge in [0, 0.05) is 46.2 Å². The lowest BCUT2D eigenvalue weighted by Gasteiger charge is -1.99. The van der Waals surface area contributed by atoms with Crippen molar-refractivity contribution in [3.8, 4) is 33.0 Å². The summed E-state index contributed by atoms with van der Waals surface area (Å²) in [4.78, 5) is 21.5. The van der Waals surface area contributed by atoms with Gasteiger partial charge in [-0.1, -0.05) is 6.07 Å². The Balaban J connectivity index is 1.49. The number of Topliss-reactive ketones (excluding diaryl/α,β-unsaturated/α-hetero) is 1. The van der Waals surface area contributed by atoms with Gasteiger partial charge in [-0.2, -0.15) is 10.2 Å². The van der Waals surface area contributed by atoms with E-state index in [0.717, 1.165) is 59.8 Å². The maximum Gasteiger partial charge on any atom is 0.169 e. The predicted molar refractivity (Wildman–Crippen MR) is 127 cm³/mol. The minimum absolute atomic E-state index is 0.0775. The van der Waals surface area contributed by atoms with Crippen molar-refractivity contribution < 1.29 is 4.79 Å². The third kappa shape index (κ3) is 2.96. The average Bonchev–Trinajstić information content (AvgIpc) is 3.56. The molecule has 1 aromatic carbocycles. The van der Waals surface area contributed by atoms with Gasteiger partial charge in [-0.3, -0.25) is 14.6 Å². The zero-order valence-electron chi connectivity index (χ0n) is 17.4. The van der Waals surface area contributed by atoms with Crippen LogP contribution in [-0.2, 0) is 7.05 Å². The van der Waals surface area contributed by atoms with E-state index in [9.17, 15) is 4.79 Å². The molecule has 6 aromatic rings. The minimum atomic E-state index is 0.0775. The Bertz CT molecular complexity index is 1630. The highest BCUT2D eigenvalue weighted by Crippen LogP contribution is 2.36. The Morgan fingerprint density at radius 3 is 2.75 bits per heavy atom. The smallest absolute Gasteiger partial charge is 0.169 e.